The van der Waals surface area contributed by atoms with Gasteiger partial charge < -0.3 is 0 Å². The number of pyridine rings is 1. The van der Waals surface area contributed by atoms with Gasteiger partial charge in [0.25, 0.3) is 5.91 Å². The molecule has 9 nitrogen and oxygen atoms in total. The van der Waals surface area contributed by atoms with E-state index in [0.29, 0.717) is 23.0 Å². The van der Waals surface area contributed by atoms with Gasteiger partial charge in [-0.1, -0.05) is 6.07 Å². The van der Waals surface area contributed by atoms with Crippen molar-refractivity contribution in [3.63, 3.8) is 0 Å². The average Bonchev–Trinajstić information content (AvgIpc) is 3.30. The molecule has 3 aromatic heterocycles. The summed E-state index contributed by atoms with van der Waals surface area (Å²) in [6.07, 6.45) is 1.63. The predicted octanol–water partition coefficient (Wildman–Crippen LogP) is 2.15. The number of carbonyl (C=O) groups is 1. The first-order valence-electron chi connectivity index (χ1n) is 7.95. The summed E-state index contributed by atoms with van der Waals surface area (Å²) >= 11 is 0. The number of aromatic nitrogens is 7. The van der Waals surface area contributed by atoms with Crippen LogP contribution in [-0.2, 0) is 0 Å². The van der Waals surface area contributed by atoms with Crippen molar-refractivity contribution in [2.75, 3.05) is 5.32 Å². The summed E-state index contributed by atoms with van der Waals surface area (Å²) in [5, 5.41) is 13.3. The zero-order valence-corrected chi connectivity index (χ0v) is 14.1. The molecular formula is C17H13FN8O. The van der Waals surface area contributed by atoms with Gasteiger partial charge in [-0.3, -0.25) is 20.2 Å². The Morgan fingerprint density at radius 3 is 2.70 bits per heavy atom. The van der Waals surface area contributed by atoms with Gasteiger partial charge in [-0.25, -0.2) is 14.1 Å². The number of aromatic amines is 1. The molecule has 27 heavy (non-hydrogen) atoms. The maximum absolute atomic E-state index is 13.1. The van der Waals surface area contributed by atoms with Crippen LogP contribution in [-0.4, -0.2) is 40.8 Å². The number of aryl methyl sites for hydroxylation is 1. The van der Waals surface area contributed by atoms with Crippen molar-refractivity contribution in [1.82, 2.24) is 34.9 Å². The zero-order valence-electron chi connectivity index (χ0n) is 14.1. The molecule has 10 heteroatoms. The molecule has 0 unspecified atom stereocenters. The van der Waals surface area contributed by atoms with Crippen molar-refractivity contribution in [1.29, 1.82) is 0 Å². The quantitative estimate of drug-likeness (QED) is 0.573. The monoisotopic (exact) mass is 364 g/mol. The van der Waals surface area contributed by atoms with Gasteiger partial charge in [-0.2, -0.15) is 4.98 Å². The molecule has 4 aromatic rings. The molecular weight excluding hydrogens is 351 g/mol. The third-order valence-electron chi connectivity index (χ3n) is 3.66. The highest BCUT2D eigenvalue weighted by Crippen LogP contribution is 2.14. The highest BCUT2D eigenvalue weighted by molar-refractivity contribution is 6.00. The number of hydrogen-bond acceptors (Lipinski definition) is 6. The Hall–Kier alpha value is -3.95. The standard InChI is InChI=1S/C17H13FN8O/c1-10-20-15(25-26(10)12-7-5-11(18)6-8-12)16(27)22-17-21-14(23-24-17)13-4-2-3-9-19-13/h2-9H,1H3,(H2,21,22,23,24,27). The van der Waals surface area contributed by atoms with Gasteiger partial charge in [0.05, 0.1) is 5.69 Å². The number of hydrogen-bond donors (Lipinski definition) is 2. The number of H-pyrrole nitrogens is 1. The minimum atomic E-state index is -0.564. The van der Waals surface area contributed by atoms with Crippen LogP contribution in [0.25, 0.3) is 17.2 Å². The molecule has 3 heterocycles. The summed E-state index contributed by atoms with van der Waals surface area (Å²) in [6.45, 7) is 1.69. The van der Waals surface area contributed by atoms with Crippen molar-refractivity contribution >= 4 is 11.9 Å². The van der Waals surface area contributed by atoms with Crippen LogP contribution in [0.1, 0.15) is 16.4 Å². The van der Waals surface area contributed by atoms with Gasteiger partial charge in [0, 0.05) is 6.20 Å². The Morgan fingerprint density at radius 1 is 1.15 bits per heavy atom. The maximum Gasteiger partial charge on any atom is 0.297 e. The highest BCUT2D eigenvalue weighted by atomic mass is 19.1. The van der Waals surface area contributed by atoms with Crippen LogP contribution < -0.4 is 5.32 Å². The van der Waals surface area contributed by atoms with Crippen LogP contribution in [0.4, 0.5) is 10.3 Å². The molecule has 1 aromatic carbocycles. The summed E-state index contributed by atoms with van der Waals surface area (Å²) in [5.41, 5.74) is 1.19. The van der Waals surface area contributed by atoms with E-state index in [-0.39, 0.29) is 17.6 Å². The second-order valence-electron chi connectivity index (χ2n) is 5.55. The van der Waals surface area contributed by atoms with E-state index in [2.05, 4.69) is 35.6 Å². The van der Waals surface area contributed by atoms with E-state index in [4.69, 9.17) is 0 Å². The van der Waals surface area contributed by atoms with Gasteiger partial charge in [-0.05, 0) is 43.3 Å². The first kappa shape index (κ1) is 16.5. The topological polar surface area (TPSA) is 114 Å². The maximum atomic E-state index is 13.1. The SMILES string of the molecule is Cc1nc(C(=O)Nc2n[nH]c(-c3ccccn3)n2)nn1-c1ccc(F)cc1. The van der Waals surface area contributed by atoms with Crippen LogP contribution >= 0.6 is 0 Å². The second-order valence-corrected chi connectivity index (χ2v) is 5.55. The molecule has 1 amide bonds. The fourth-order valence-corrected chi connectivity index (χ4v) is 2.41. The van der Waals surface area contributed by atoms with Crippen molar-refractivity contribution in [3.05, 3.63) is 66.1 Å². The van der Waals surface area contributed by atoms with Gasteiger partial charge >= 0.3 is 0 Å². The molecule has 0 aliphatic rings. The largest absolute Gasteiger partial charge is 0.297 e. The van der Waals surface area contributed by atoms with Gasteiger partial charge in [0.15, 0.2) is 5.82 Å². The Kier molecular flexibility index (Phi) is 4.13. The van der Waals surface area contributed by atoms with Crippen molar-refractivity contribution < 1.29 is 9.18 Å². The molecule has 0 bridgehead atoms. The van der Waals surface area contributed by atoms with E-state index in [1.807, 2.05) is 6.07 Å². The molecule has 0 atom stereocenters. The van der Waals surface area contributed by atoms with Crippen LogP contribution in [0.5, 0.6) is 0 Å². The van der Waals surface area contributed by atoms with Gasteiger partial charge in [-0.15, -0.1) is 10.2 Å². The molecule has 0 aliphatic heterocycles. The third kappa shape index (κ3) is 3.40. The number of nitrogens with one attached hydrogen (secondary N) is 2. The van der Waals surface area contributed by atoms with Gasteiger partial charge in [0.2, 0.25) is 11.8 Å². The number of amides is 1. The molecule has 0 saturated heterocycles. The minimum Gasteiger partial charge on any atom is -0.286 e. The molecule has 0 saturated carbocycles. The van der Waals surface area contributed by atoms with E-state index in [1.54, 1.807) is 37.4 Å². The molecule has 0 radical (unpaired) electrons. The van der Waals surface area contributed by atoms with E-state index in [0.717, 1.165) is 0 Å². The number of benzene rings is 1. The molecule has 4 rings (SSSR count). The highest BCUT2D eigenvalue weighted by Gasteiger charge is 2.17. The zero-order chi connectivity index (χ0) is 18.8. The number of rotatable bonds is 4. The van der Waals surface area contributed by atoms with E-state index < -0.39 is 5.91 Å². The Morgan fingerprint density at radius 2 is 1.96 bits per heavy atom. The number of carbonyl (C=O) groups excluding carboxylic acids is 1. The van der Waals surface area contributed by atoms with Crippen molar-refractivity contribution in [2.45, 2.75) is 6.92 Å². The lowest BCUT2D eigenvalue weighted by atomic mass is 10.3. The van der Waals surface area contributed by atoms with Crippen LogP contribution in [0.3, 0.4) is 0 Å². The van der Waals surface area contributed by atoms with Crippen molar-refractivity contribution in [2.24, 2.45) is 0 Å². The molecule has 0 aliphatic carbocycles. The fourth-order valence-electron chi connectivity index (χ4n) is 2.41. The fraction of sp³-hybridized carbons (Fsp3) is 0.0588. The summed E-state index contributed by atoms with van der Waals surface area (Å²) in [6, 6.07) is 11.1. The second kappa shape index (κ2) is 6.75. The summed E-state index contributed by atoms with van der Waals surface area (Å²) in [4.78, 5) is 24.9. The van der Waals surface area contributed by atoms with Crippen LogP contribution in [0, 0.1) is 12.7 Å². The lowest BCUT2D eigenvalue weighted by Crippen LogP contribution is -2.15. The summed E-state index contributed by atoms with van der Waals surface area (Å²) < 4.78 is 14.5. The lowest BCUT2D eigenvalue weighted by Gasteiger charge is -2.01. The van der Waals surface area contributed by atoms with E-state index in [9.17, 15) is 9.18 Å². The molecule has 0 fully saturated rings. The summed E-state index contributed by atoms with van der Waals surface area (Å²) in [7, 11) is 0. The third-order valence-corrected chi connectivity index (χ3v) is 3.66. The first-order chi connectivity index (χ1) is 13.1. The van der Waals surface area contributed by atoms with Gasteiger partial charge in [0.1, 0.15) is 17.3 Å². The predicted molar refractivity (Wildman–Crippen MR) is 93.6 cm³/mol. The van der Waals surface area contributed by atoms with E-state index >= 15 is 0 Å². The Balaban J connectivity index is 1.53. The number of nitrogens with zero attached hydrogens (tertiary/aromatic N) is 6. The van der Waals surface area contributed by atoms with Crippen molar-refractivity contribution in [3.8, 4) is 17.2 Å². The molecule has 0 spiro atoms. The van der Waals surface area contributed by atoms with Crippen LogP contribution in [0.2, 0.25) is 0 Å². The normalized spacial score (nSPS) is 10.7. The summed E-state index contributed by atoms with van der Waals surface area (Å²) in [5.74, 6) is 0.00795. The Bertz CT molecular complexity index is 1090. The lowest BCUT2D eigenvalue weighted by molar-refractivity contribution is 0.101. The molecule has 2 N–H and O–H groups in total. The number of halogens is 1. The van der Waals surface area contributed by atoms with E-state index in [1.165, 1.54) is 16.8 Å². The number of anilines is 1. The molecule has 134 valence electrons. The average molecular weight is 364 g/mol. The van der Waals surface area contributed by atoms with Crippen LogP contribution in [0.15, 0.2) is 48.7 Å². The first-order valence-corrected chi connectivity index (χ1v) is 7.95. The smallest absolute Gasteiger partial charge is 0.286 e. The minimum absolute atomic E-state index is 0.0546. The Labute approximate surface area is 152 Å².